The van der Waals surface area contributed by atoms with Crippen LogP contribution in [0.1, 0.15) is 27.6 Å². The smallest absolute Gasteiger partial charge is 0.271 e. The van der Waals surface area contributed by atoms with E-state index in [1.807, 2.05) is 49.2 Å². The van der Waals surface area contributed by atoms with Gasteiger partial charge in [0.15, 0.2) is 11.6 Å². The summed E-state index contributed by atoms with van der Waals surface area (Å²) < 4.78 is 7.75. The lowest BCUT2D eigenvalue weighted by Crippen LogP contribution is -2.35. The largest absolute Gasteiger partial charge is 0.497 e. The molecule has 8 heteroatoms. The number of anilines is 1. The number of rotatable bonds is 6. The van der Waals surface area contributed by atoms with Gasteiger partial charge >= 0.3 is 0 Å². The molecule has 0 saturated carbocycles. The number of thioether (sulfide) groups is 1. The van der Waals surface area contributed by atoms with Gasteiger partial charge < -0.3 is 9.64 Å². The Morgan fingerprint density at radius 1 is 0.892 bits per heavy atom. The van der Waals surface area contributed by atoms with Crippen molar-refractivity contribution in [2.24, 2.45) is 0 Å². The van der Waals surface area contributed by atoms with Crippen LogP contribution < -0.4 is 24.4 Å². The van der Waals surface area contributed by atoms with Gasteiger partial charge in [-0.15, -0.1) is 11.3 Å². The number of ketones is 2. The molecule has 0 amide bonds. The molecule has 5 rings (SSSR count). The molecule has 4 aromatic rings. The molecule has 6 nitrogen and oxygen atoms in total. The lowest BCUT2D eigenvalue weighted by Gasteiger charge is -2.13. The number of thiazole rings is 1. The fourth-order valence-corrected chi connectivity index (χ4v) is 6.77. The number of Topliss-reactive ketones (excluding diaryl/α,β-unsaturated/α-hetero) is 2. The Labute approximate surface area is 222 Å². The summed E-state index contributed by atoms with van der Waals surface area (Å²) in [4.78, 5) is 44.2. The molecule has 37 heavy (non-hydrogen) atoms. The van der Waals surface area contributed by atoms with Gasteiger partial charge in [-0.2, -0.15) is 0 Å². The summed E-state index contributed by atoms with van der Waals surface area (Å²) >= 11 is 2.68. The van der Waals surface area contributed by atoms with Crippen molar-refractivity contribution in [1.29, 1.82) is 0 Å². The average molecular weight is 529 g/mol. The van der Waals surface area contributed by atoms with Crippen LogP contribution in [0.15, 0.2) is 88.6 Å². The van der Waals surface area contributed by atoms with E-state index >= 15 is 0 Å². The summed E-state index contributed by atoms with van der Waals surface area (Å²) in [5, 5.41) is 0.755. The van der Waals surface area contributed by atoms with Crippen molar-refractivity contribution in [1.82, 2.24) is 4.57 Å². The standard InChI is InChI=1S/C29H24N2O4S2/c1-4-31-27(34)26(29-30(2)21-17-20(35-3)15-16-22(21)36-29)37-28(31)23(24(32)18-11-7-5-8-12-18)25(33)19-13-9-6-10-14-19/h5-17H,4H2,1-3H3/b29-26-. The number of carbonyl (C=O) groups is 2. The molecular weight excluding hydrogens is 504 g/mol. The zero-order valence-electron chi connectivity index (χ0n) is 20.6. The molecule has 0 aliphatic carbocycles. The quantitative estimate of drug-likeness (QED) is 0.277. The number of hydrogen-bond acceptors (Lipinski definition) is 7. The van der Waals surface area contributed by atoms with Gasteiger partial charge in [0.1, 0.15) is 25.5 Å². The van der Waals surface area contributed by atoms with Gasteiger partial charge in [-0.3, -0.25) is 19.0 Å². The van der Waals surface area contributed by atoms with E-state index in [4.69, 9.17) is 4.74 Å². The number of benzene rings is 3. The third kappa shape index (κ3) is 4.43. The lowest BCUT2D eigenvalue weighted by atomic mass is 9.96. The Bertz CT molecular complexity index is 1640. The van der Waals surface area contributed by atoms with Gasteiger partial charge in [-0.05, 0) is 19.1 Å². The molecule has 0 unspecified atom stereocenters. The second-order valence-corrected chi connectivity index (χ2v) is 10.4. The van der Waals surface area contributed by atoms with Gasteiger partial charge in [0, 0.05) is 35.7 Å². The van der Waals surface area contributed by atoms with E-state index in [9.17, 15) is 14.4 Å². The second-order valence-electron chi connectivity index (χ2n) is 8.35. The van der Waals surface area contributed by atoms with Crippen molar-refractivity contribution in [2.45, 2.75) is 18.4 Å². The van der Waals surface area contributed by atoms with Crippen LogP contribution >= 0.6 is 23.1 Å². The van der Waals surface area contributed by atoms with Gasteiger partial charge in [-0.1, -0.05) is 72.4 Å². The van der Waals surface area contributed by atoms with Crippen LogP contribution in [0.2, 0.25) is 0 Å². The molecule has 0 atom stereocenters. The summed E-state index contributed by atoms with van der Waals surface area (Å²) in [5.74, 6) is -0.0902. The molecule has 0 bridgehead atoms. The molecule has 0 spiro atoms. The van der Waals surface area contributed by atoms with Crippen LogP contribution in [0.5, 0.6) is 5.75 Å². The van der Waals surface area contributed by atoms with Gasteiger partial charge in [0.25, 0.3) is 5.56 Å². The lowest BCUT2D eigenvalue weighted by molar-refractivity contribution is 0.0996. The van der Waals surface area contributed by atoms with Crippen LogP contribution in [-0.2, 0) is 6.54 Å². The first kappa shape index (κ1) is 24.8. The summed E-state index contributed by atoms with van der Waals surface area (Å²) in [5.41, 5.74) is 1.49. The molecule has 0 N–H and O–H groups in total. The third-order valence-electron chi connectivity index (χ3n) is 6.17. The number of methoxy groups -OCH3 is 1. The fourth-order valence-electron chi connectivity index (χ4n) is 4.24. The van der Waals surface area contributed by atoms with Crippen molar-refractivity contribution in [3.05, 3.63) is 110 Å². The highest BCUT2D eigenvalue weighted by molar-refractivity contribution is 8.08. The first-order valence-corrected chi connectivity index (χ1v) is 13.3. The SMILES string of the molecule is CCn1c(=C(C(=O)c2ccccc2)C(=O)c2ccccc2)s/c(=C2\Sc3ccc(OC)cc3N2C)c1=O. The number of aromatic nitrogens is 1. The normalized spacial score (nSPS) is 13.9. The Hall–Kier alpha value is -3.88. The molecule has 0 fully saturated rings. The third-order valence-corrected chi connectivity index (χ3v) is 8.73. The van der Waals surface area contributed by atoms with Crippen molar-refractivity contribution in [3.8, 4) is 5.75 Å². The second kappa shape index (κ2) is 10.2. The van der Waals surface area contributed by atoms with E-state index in [1.54, 1.807) is 55.6 Å². The van der Waals surface area contributed by atoms with E-state index in [-0.39, 0.29) is 11.1 Å². The van der Waals surface area contributed by atoms with E-state index < -0.39 is 11.6 Å². The molecule has 186 valence electrons. The topological polar surface area (TPSA) is 68.6 Å². The van der Waals surface area contributed by atoms with Crippen LogP contribution in [-0.4, -0.2) is 30.3 Å². The van der Waals surface area contributed by atoms with Crippen LogP contribution in [0, 0.1) is 0 Å². The number of hydrogen-bond donors (Lipinski definition) is 0. The first-order chi connectivity index (χ1) is 17.9. The number of carbonyl (C=O) groups excluding carboxylic acids is 2. The van der Waals surface area contributed by atoms with Crippen molar-refractivity contribution in [2.75, 3.05) is 19.1 Å². The molecule has 3 aromatic carbocycles. The maximum absolute atomic E-state index is 13.8. The highest BCUT2D eigenvalue weighted by Crippen LogP contribution is 2.46. The van der Waals surface area contributed by atoms with E-state index in [0.29, 0.717) is 26.9 Å². The van der Waals surface area contributed by atoms with E-state index in [1.165, 1.54) is 27.7 Å². The average Bonchev–Trinajstić information content (AvgIpc) is 3.44. The zero-order valence-corrected chi connectivity index (χ0v) is 22.2. The number of ether oxygens (including phenoxy) is 1. The predicted molar refractivity (Wildman–Crippen MR) is 149 cm³/mol. The molecule has 0 radical (unpaired) electrons. The van der Waals surface area contributed by atoms with Crippen molar-refractivity contribution in [3.63, 3.8) is 0 Å². The number of nitrogens with zero attached hydrogens (tertiary/aromatic N) is 2. The maximum atomic E-state index is 13.8. The predicted octanol–water partition coefficient (Wildman–Crippen LogP) is 4.16. The summed E-state index contributed by atoms with van der Waals surface area (Å²) in [7, 11) is 3.52. The van der Waals surface area contributed by atoms with Crippen LogP contribution in [0.25, 0.3) is 10.6 Å². The minimum Gasteiger partial charge on any atom is -0.497 e. The Balaban J connectivity index is 1.80. The van der Waals surface area contributed by atoms with Crippen LogP contribution in [0.4, 0.5) is 5.69 Å². The van der Waals surface area contributed by atoms with Gasteiger partial charge in [0.2, 0.25) is 0 Å². The fraction of sp³-hybridized carbons (Fsp3) is 0.138. The summed E-state index contributed by atoms with van der Waals surface area (Å²) in [6.07, 6.45) is 0. The van der Waals surface area contributed by atoms with Gasteiger partial charge in [-0.25, -0.2) is 0 Å². The monoisotopic (exact) mass is 528 g/mol. The Morgan fingerprint density at radius 3 is 2.03 bits per heavy atom. The van der Waals surface area contributed by atoms with E-state index in [0.717, 1.165) is 21.4 Å². The molecule has 1 aromatic heterocycles. The van der Waals surface area contributed by atoms with Gasteiger partial charge in [0.05, 0.1) is 12.8 Å². The zero-order chi connectivity index (χ0) is 26.1. The number of fused-ring (bicyclic) bond motifs is 1. The molecule has 1 aliphatic rings. The first-order valence-electron chi connectivity index (χ1n) is 11.7. The van der Waals surface area contributed by atoms with Crippen molar-refractivity contribution < 1.29 is 14.3 Å². The summed E-state index contributed by atoms with van der Waals surface area (Å²) in [6, 6.07) is 23.2. The van der Waals surface area contributed by atoms with E-state index in [2.05, 4.69) is 0 Å². The molecule has 1 aliphatic heterocycles. The van der Waals surface area contributed by atoms with Crippen molar-refractivity contribution >= 4 is 51.0 Å². The molecular formula is C29H24N2O4S2. The molecule has 2 heterocycles. The highest BCUT2D eigenvalue weighted by Gasteiger charge is 2.28. The highest BCUT2D eigenvalue weighted by atomic mass is 32.2. The summed E-state index contributed by atoms with van der Waals surface area (Å²) in [6.45, 7) is 2.16. The Kier molecular flexibility index (Phi) is 6.86. The van der Waals surface area contributed by atoms with Crippen LogP contribution in [0.3, 0.4) is 0 Å². The Morgan fingerprint density at radius 2 is 1.49 bits per heavy atom. The molecule has 0 saturated heterocycles. The minimum atomic E-state index is -0.407. The maximum Gasteiger partial charge on any atom is 0.271 e. The minimum absolute atomic E-state index is 0.00182.